The smallest absolute Gasteiger partial charge is 0.135 e. The van der Waals surface area contributed by atoms with Crippen molar-refractivity contribution in [3.63, 3.8) is 0 Å². The van der Waals surface area contributed by atoms with E-state index in [2.05, 4.69) is 172 Å². The highest BCUT2D eigenvalue weighted by Crippen LogP contribution is 2.52. The number of fused-ring (bicyclic) bond motifs is 6. The predicted octanol–water partition coefficient (Wildman–Crippen LogP) is 13.1. The van der Waals surface area contributed by atoms with Crippen molar-refractivity contribution >= 4 is 21.5 Å². The first-order chi connectivity index (χ1) is 23.5. The lowest BCUT2D eigenvalue weighted by Crippen LogP contribution is -2.15. The van der Waals surface area contributed by atoms with Crippen molar-refractivity contribution in [3.8, 4) is 67.1 Å². The van der Waals surface area contributed by atoms with Crippen LogP contribution in [0.25, 0.3) is 77.2 Å². The molecule has 0 fully saturated rings. The lowest BCUT2D eigenvalue weighted by Gasteiger charge is -2.23. The average molecular weight is 613 g/mol. The standard InChI is InChI=1S/C47H32O/c1-47(2)42-27-33(18-20-37(42)41-25-31-12-6-7-13-32(31)26-43(41)47)30-14-8-15-35(24-30)36-22-23-44-46-39(36)16-9-17-40(46)38-21-19-34(28-45(38)48-44)29-10-4-3-5-11-29/h3-28H,1-2H3. The van der Waals surface area contributed by atoms with Crippen LogP contribution in [-0.2, 0) is 5.41 Å². The van der Waals surface area contributed by atoms with E-state index in [1.165, 1.54) is 77.2 Å². The zero-order chi connectivity index (χ0) is 32.0. The third kappa shape index (κ3) is 3.98. The molecule has 0 saturated heterocycles. The Balaban J connectivity index is 1.06. The van der Waals surface area contributed by atoms with E-state index in [-0.39, 0.29) is 5.41 Å². The van der Waals surface area contributed by atoms with E-state index in [4.69, 9.17) is 4.74 Å². The summed E-state index contributed by atoms with van der Waals surface area (Å²) in [5.74, 6) is 1.81. The molecule has 0 unspecified atom stereocenters. The van der Waals surface area contributed by atoms with E-state index in [9.17, 15) is 0 Å². The van der Waals surface area contributed by atoms with Gasteiger partial charge in [0.1, 0.15) is 11.5 Å². The largest absolute Gasteiger partial charge is 0.456 e. The van der Waals surface area contributed by atoms with E-state index in [0.717, 1.165) is 22.6 Å². The maximum Gasteiger partial charge on any atom is 0.135 e. The Bertz CT molecular complexity index is 2610. The first-order valence-corrected chi connectivity index (χ1v) is 16.8. The highest BCUT2D eigenvalue weighted by molar-refractivity contribution is 6.10. The van der Waals surface area contributed by atoms with Gasteiger partial charge in [0.25, 0.3) is 0 Å². The van der Waals surface area contributed by atoms with E-state index in [0.29, 0.717) is 0 Å². The van der Waals surface area contributed by atoms with Gasteiger partial charge in [0.15, 0.2) is 0 Å². The molecule has 0 amide bonds. The van der Waals surface area contributed by atoms with Crippen LogP contribution in [0.3, 0.4) is 0 Å². The predicted molar refractivity (Wildman–Crippen MR) is 201 cm³/mol. The van der Waals surface area contributed by atoms with Gasteiger partial charge in [0.2, 0.25) is 0 Å². The number of hydrogen-bond acceptors (Lipinski definition) is 1. The summed E-state index contributed by atoms with van der Waals surface area (Å²) in [6.45, 7) is 4.73. The van der Waals surface area contributed by atoms with Crippen LogP contribution in [0.5, 0.6) is 11.5 Å². The maximum absolute atomic E-state index is 6.61. The summed E-state index contributed by atoms with van der Waals surface area (Å²) < 4.78 is 6.61. The topological polar surface area (TPSA) is 9.23 Å². The molecule has 8 aromatic carbocycles. The summed E-state index contributed by atoms with van der Waals surface area (Å²) in [4.78, 5) is 0. The Labute approximate surface area is 280 Å². The van der Waals surface area contributed by atoms with Gasteiger partial charge in [-0.1, -0.05) is 129 Å². The van der Waals surface area contributed by atoms with E-state index >= 15 is 0 Å². The molecule has 0 saturated carbocycles. The molecule has 226 valence electrons. The minimum absolute atomic E-state index is 0.0728. The number of hydrogen-bond donors (Lipinski definition) is 0. The SMILES string of the molecule is CC1(C)c2cc(-c3cccc(-c4ccc5c6c(cccc46)-c4ccc(-c6ccccc6)cc4O5)c3)ccc2-c2cc3ccccc3cc21. The molecule has 0 radical (unpaired) electrons. The van der Waals surface area contributed by atoms with Crippen molar-refractivity contribution in [3.05, 3.63) is 169 Å². The molecule has 0 bridgehead atoms. The van der Waals surface area contributed by atoms with Crippen LogP contribution < -0.4 is 4.74 Å². The van der Waals surface area contributed by atoms with Crippen LogP contribution in [0.15, 0.2) is 158 Å². The van der Waals surface area contributed by atoms with Crippen molar-refractivity contribution < 1.29 is 4.74 Å². The zero-order valence-corrected chi connectivity index (χ0v) is 26.9. The Morgan fingerprint density at radius 2 is 1.02 bits per heavy atom. The van der Waals surface area contributed by atoms with Crippen LogP contribution >= 0.6 is 0 Å². The van der Waals surface area contributed by atoms with Crippen LogP contribution in [-0.4, -0.2) is 0 Å². The van der Waals surface area contributed by atoms with Crippen molar-refractivity contribution in [2.24, 2.45) is 0 Å². The second-order valence-electron chi connectivity index (χ2n) is 13.7. The molecule has 1 nitrogen and oxygen atoms in total. The van der Waals surface area contributed by atoms with Crippen molar-refractivity contribution in [1.29, 1.82) is 0 Å². The van der Waals surface area contributed by atoms with E-state index in [1.807, 2.05) is 0 Å². The van der Waals surface area contributed by atoms with Crippen molar-refractivity contribution in [2.75, 3.05) is 0 Å². The first-order valence-electron chi connectivity index (χ1n) is 16.8. The molecule has 2 aliphatic rings. The molecular formula is C47H32O. The van der Waals surface area contributed by atoms with Crippen LogP contribution in [0.4, 0.5) is 0 Å². The molecule has 0 N–H and O–H groups in total. The van der Waals surface area contributed by atoms with Gasteiger partial charge in [-0.2, -0.15) is 0 Å². The lowest BCUT2D eigenvalue weighted by molar-refractivity contribution is 0.487. The Morgan fingerprint density at radius 3 is 1.88 bits per heavy atom. The summed E-state index contributed by atoms with van der Waals surface area (Å²) in [7, 11) is 0. The van der Waals surface area contributed by atoms with Crippen molar-refractivity contribution in [1.82, 2.24) is 0 Å². The quantitative estimate of drug-likeness (QED) is 0.193. The highest BCUT2D eigenvalue weighted by atomic mass is 16.5. The van der Waals surface area contributed by atoms with Crippen LogP contribution in [0, 0.1) is 0 Å². The lowest BCUT2D eigenvalue weighted by atomic mass is 9.81. The van der Waals surface area contributed by atoms with E-state index < -0.39 is 0 Å². The Hall–Kier alpha value is -5.92. The normalized spacial score (nSPS) is 13.5. The fourth-order valence-electron chi connectivity index (χ4n) is 8.16. The molecule has 0 aromatic heterocycles. The number of ether oxygens (including phenoxy) is 1. The summed E-state index contributed by atoms with van der Waals surface area (Å²) >= 11 is 0. The molecule has 0 spiro atoms. The second kappa shape index (κ2) is 10.0. The van der Waals surface area contributed by atoms with E-state index in [1.54, 1.807) is 0 Å². The van der Waals surface area contributed by atoms with Gasteiger partial charge in [-0.25, -0.2) is 0 Å². The molecule has 48 heavy (non-hydrogen) atoms. The third-order valence-corrected chi connectivity index (χ3v) is 10.7. The van der Waals surface area contributed by atoms with Gasteiger partial charge in [-0.05, 0) is 120 Å². The maximum atomic E-state index is 6.61. The minimum atomic E-state index is -0.0728. The third-order valence-electron chi connectivity index (χ3n) is 10.7. The fourth-order valence-corrected chi connectivity index (χ4v) is 8.16. The number of benzene rings is 8. The van der Waals surface area contributed by atoms with Crippen LogP contribution in [0.1, 0.15) is 25.0 Å². The Kier molecular flexibility index (Phi) is 5.69. The molecule has 8 aromatic rings. The molecular weight excluding hydrogens is 581 g/mol. The van der Waals surface area contributed by atoms with Crippen LogP contribution in [0.2, 0.25) is 0 Å². The summed E-state index contributed by atoms with van der Waals surface area (Å²) in [5, 5.41) is 4.97. The van der Waals surface area contributed by atoms with Crippen molar-refractivity contribution in [2.45, 2.75) is 19.3 Å². The summed E-state index contributed by atoms with van der Waals surface area (Å²) in [5.41, 5.74) is 15.0. The average Bonchev–Trinajstić information content (AvgIpc) is 3.35. The zero-order valence-electron chi connectivity index (χ0n) is 26.9. The molecule has 1 aliphatic heterocycles. The van der Waals surface area contributed by atoms with Gasteiger partial charge in [-0.15, -0.1) is 0 Å². The first kappa shape index (κ1) is 27.2. The highest BCUT2D eigenvalue weighted by Gasteiger charge is 2.36. The monoisotopic (exact) mass is 612 g/mol. The molecule has 1 heteroatoms. The van der Waals surface area contributed by atoms with Gasteiger partial charge >= 0.3 is 0 Å². The molecule has 0 atom stereocenters. The molecule has 1 aliphatic carbocycles. The van der Waals surface area contributed by atoms with Gasteiger partial charge < -0.3 is 4.74 Å². The molecule has 1 heterocycles. The summed E-state index contributed by atoms with van der Waals surface area (Å²) in [6.07, 6.45) is 0. The second-order valence-corrected chi connectivity index (χ2v) is 13.7. The number of rotatable bonds is 3. The minimum Gasteiger partial charge on any atom is -0.456 e. The van der Waals surface area contributed by atoms with Gasteiger partial charge in [-0.3, -0.25) is 0 Å². The fraction of sp³-hybridized carbons (Fsp3) is 0.0638. The summed E-state index contributed by atoms with van der Waals surface area (Å²) in [6, 6.07) is 57.6. The van der Waals surface area contributed by atoms with Gasteiger partial charge in [0, 0.05) is 16.4 Å². The molecule has 10 rings (SSSR count). The van der Waals surface area contributed by atoms with Gasteiger partial charge in [0.05, 0.1) is 0 Å². The Morgan fingerprint density at radius 1 is 0.375 bits per heavy atom.